The molecule has 1 saturated heterocycles. The molecule has 1 aromatic carbocycles. The Morgan fingerprint density at radius 2 is 2.07 bits per heavy atom. The number of aryl methyl sites for hydroxylation is 1. The maximum atomic E-state index is 14.5. The van der Waals surface area contributed by atoms with E-state index < -0.39 is 0 Å². The Morgan fingerprint density at radius 1 is 1.24 bits per heavy atom. The SMILES string of the molecule is C[C@H]1C[C@@H](C(=O)Nc2ccc(F)c(-c3nnc4n3CCCCC4)c2)CCN1.Cl.Cl. The predicted octanol–water partition coefficient (Wildman–Crippen LogP) is 3.98. The molecule has 2 atom stereocenters. The first kappa shape index (κ1) is 23.6. The quantitative estimate of drug-likeness (QED) is 0.752. The zero-order valence-electron chi connectivity index (χ0n) is 16.5. The molecule has 0 spiro atoms. The second-order valence-corrected chi connectivity index (χ2v) is 7.66. The van der Waals surface area contributed by atoms with Gasteiger partial charge in [-0.25, -0.2) is 4.39 Å². The summed E-state index contributed by atoms with van der Waals surface area (Å²) in [5.74, 6) is 1.11. The van der Waals surface area contributed by atoms with Crippen molar-refractivity contribution in [2.45, 2.75) is 58.0 Å². The lowest BCUT2D eigenvalue weighted by Crippen LogP contribution is -2.40. The first-order valence-corrected chi connectivity index (χ1v) is 9.88. The fraction of sp³-hybridized carbons (Fsp3) is 0.550. The Kier molecular flexibility index (Phi) is 8.43. The maximum absolute atomic E-state index is 14.5. The molecule has 2 aliphatic heterocycles. The molecule has 1 amide bonds. The molecule has 1 fully saturated rings. The van der Waals surface area contributed by atoms with Crippen molar-refractivity contribution >= 4 is 36.4 Å². The van der Waals surface area contributed by atoms with Crippen molar-refractivity contribution in [3.05, 3.63) is 29.8 Å². The van der Waals surface area contributed by atoms with E-state index in [4.69, 9.17) is 0 Å². The number of amides is 1. The fourth-order valence-electron chi connectivity index (χ4n) is 4.07. The van der Waals surface area contributed by atoms with E-state index in [0.29, 0.717) is 23.1 Å². The zero-order chi connectivity index (χ0) is 18.8. The van der Waals surface area contributed by atoms with Gasteiger partial charge in [0.15, 0.2) is 5.82 Å². The molecule has 1 aromatic heterocycles. The van der Waals surface area contributed by atoms with Gasteiger partial charge in [0, 0.05) is 30.6 Å². The number of aromatic nitrogens is 3. The van der Waals surface area contributed by atoms with Gasteiger partial charge in [-0.15, -0.1) is 35.0 Å². The van der Waals surface area contributed by atoms with E-state index in [1.54, 1.807) is 12.1 Å². The van der Waals surface area contributed by atoms with Gasteiger partial charge >= 0.3 is 0 Å². The van der Waals surface area contributed by atoms with Crippen LogP contribution in [0.1, 0.15) is 44.9 Å². The summed E-state index contributed by atoms with van der Waals surface area (Å²) in [6.45, 7) is 3.74. The number of nitrogens with one attached hydrogen (secondary N) is 2. The number of hydrogen-bond donors (Lipinski definition) is 2. The molecule has 6 nitrogen and oxygen atoms in total. The van der Waals surface area contributed by atoms with Crippen molar-refractivity contribution in [3.8, 4) is 11.4 Å². The van der Waals surface area contributed by atoms with Crippen LogP contribution >= 0.6 is 24.8 Å². The van der Waals surface area contributed by atoms with Crippen molar-refractivity contribution in [3.63, 3.8) is 0 Å². The van der Waals surface area contributed by atoms with Crippen LogP contribution in [0.25, 0.3) is 11.4 Å². The van der Waals surface area contributed by atoms with Crippen LogP contribution in [0.15, 0.2) is 18.2 Å². The molecule has 3 heterocycles. The summed E-state index contributed by atoms with van der Waals surface area (Å²) >= 11 is 0. The highest BCUT2D eigenvalue weighted by molar-refractivity contribution is 5.93. The molecular formula is C20H28Cl2FN5O. The van der Waals surface area contributed by atoms with Gasteiger partial charge in [0.25, 0.3) is 0 Å². The van der Waals surface area contributed by atoms with Crippen molar-refractivity contribution < 1.29 is 9.18 Å². The molecule has 0 unspecified atom stereocenters. The number of anilines is 1. The van der Waals surface area contributed by atoms with E-state index in [1.165, 1.54) is 6.07 Å². The molecule has 2 N–H and O–H groups in total. The van der Waals surface area contributed by atoms with E-state index in [2.05, 4.69) is 27.8 Å². The summed E-state index contributed by atoms with van der Waals surface area (Å²) in [5.41, 5.74) is 1.00. The first-order valence-electron chi connectivity index (χ1n) is 9.88. The second kappa shape index (κ2) is 10.4. The summed E-state index contributed by atoms with van der Waals surface area (Å²) in [4.78, 5) is 12.6. The lowest BCUT2D eigenvalue weighted by atomic mass is 9.92. The highest BCUT2D eigenvalue weighted by atomic mass is 35.5. The standard InChI is InChI=1S/C20H26FN5O.2ClH/c1-13-11-14(8-9-22-13)20(27)23-15-6-7-17(21)16(12-15)19-25-24-18-5-3-2-4-10-26(18)19;;/h6-7,12-14,22H,2-5,8-11H2,1H3,(H,23,27);2*1H/t13-,14-;;/m0../s1. The van der Waals surface area contributed by atoms with Crippen molar-refractivity contribution in [1.82, 2.24) is 20.1 Å². The Hall–Kier alpha value is -1.70. The number of nitrogens with zero attached hydrogens (tertiary/aromatic N) is 3. The maximum Gasteiger partial charge on any atom is 0.227 e. The smallest absolute Gasteiger partial charge is 0.227 e. The average Bonchev–Trinajstić information content (AvgIpc) is 2.91. The number of benzene rings is 1. The van der Waals surface area contributed by atoms with Gasteiger partial charge in [-0.05, 0) is 57.4 Å². The Labute approximate surface area is 182 Å². The van der Waals surface area contributed by atoms with E-state index in [9.17, 15) is 9.18 Å². The van der Waals surface area contributed by atoms with Gasteiger partial charge in [0.2, 0.25) is 5.91 Å². The van der Waals surface area contributed by atoms with Gasteiger partial charge < -0.3 is 15.2 Å². The molecule has 0 saturated carbocycles. The Balaban J connectivity index is 0.00000150. The minimum atomic E-state index is -0.345. The third-order valence-electron chi connectivity index (χ3n) is 5.58. The van der Waals surface area contributed by atoms with Crippen LogP contribution in [0.4, 0.5) is 10.1 Å². The van der Waals surface area contributed by atoms with Crippen LogP contribution in [0.5, 0.6) is 0 Å². The summed E-state index contributed by atoms with van der Waals surface area (Å²) in [5, 5.41) is 14.8. The molecule has 0 bridgehead atoms. The number of piperidine rings is 1. The predicted molar refractivity (Wildman–Crippen MR) is 116 cm³/mol. The van der Waals surface area contributed by atoms with E-state index >= 15 is 0 Å². The molecule has 0 aliphatic carbocycles. The summed E-state index contributed by atoms with van der Waals surface area (Å²) in [6, 6.07) is 5.03. The summed E-state index contributed by atoms with van der Waals surface area (Å²) in [7, 11) is 0. The van der Waals surface area contributed by atoms with Gasteiger partial charge in [-0.1, -0.05) is 6.42 Å². The first-order chi connectivity index (χ1) is 13.1. The topological polar surface area (TPSA) is 71.8 Å². The van der Waals surface area contributed by atoms with Crippen LogP contribution in [0.2, 0.25) is 0 Å². The molecule has 2 aromatic rings. The van der Waals surface area contributed by atoms with Crippen LogP contribution in [-0.2, 0) is 17.8 Å². The molecule has 0 radical (unpaired) electrons. The lowest BCUT2D eigenvalue weighted by Gasteiger charge is -2.27. The average molecular weight is 444 g/mol. The number of hydrogen-bond acceptors (Lipinski definition) is 4. The highest BCUT2D eigenvalue weighted by Gasteiger charge is 2.25. The molecule has 4 rings (SSSR count). The normalized spacial score (nSPS) is 21.2. The Morgan fingerprint density at radius 3 is 2.86 bits per heavy atom. The summed E-state index contributed by atoms with van der Waals surface area (Å²) < 4.78 is 16.6. The molecule has 2 aliphatic rings. The van der Waals surface area contributed by atoms with E-state index in [1.807, 2.05) is 4.57 Å². The third kappa shape index (κ3) is 5.27. The highest BCUT2D eigenvalue weighted by Crippen LogP contribution is 2.28. The van der Waals surface area contributed by atoms with E-state index in [-0.39, 0.29) is 42.5 Å². The lowest BCUT2D eigenvalue weighted by molar-refractivity contribution is -0.120. The number of rotatable bonds is 3. The second-order valence-electron chi connectivity index (χ2n) is 7.66. The zero-order valence-corrected chi connectivity index (χ0v) is 18.1. The molecule has 29 heavy (non-hydrogen) atoms. The van der Waals surface area contributed by atoms with Crippen LogP contribution in [-0.4, -0.2) is 33.3 Å². The minimum Gasteiger partial charge on any atom is -0.326 e. The third-order valence-corrected chi connectivity index (χ3v) is 5.58. The van der Waals surface area contributed by atoms with Crippen LogP contribution < -0.4 is 10.6 Å². The van der Waals surface area contributed by atoms with Gasteiger partial charge in [-0.3, -0.25) is 4.79 Å². The largest absolute Gasteiger partial charge is 0.326 e. The Bertz CT molecular complexity index is 844. The van der Waals surface area contributed by atoms with Crippen molar-refractivity contribution in [2.24, 2.45) is 5.92 Å². The number of carbonyl (C=O) groups excluding carboxylic acids is 1. The number of fused-ring (bicyclic) bond motifs is 1. The number of carbonyl (C=O) groups is 1. The van der Waals surface area contributed by atoms with Gasteiger partial charge in [0.05, 0.1) is 5.56 Å². The van der Waals surface area contributed by atoms with Crippen LogP contribution in [0, 0.1) is 11.7 Å². The van der Waals surface area contributed by atoms with Crippen LogP contribution in [0.3, 0.4) is 0 Å². The molecule has 160 valence electrons. The van der Waals surface area contributed by atoms with Crippen molar-refractivity contribution in [1.29, 1.82) is 0 Å². The minimum absolute atomic E-state index is 0. The van der Waals surface area contributed by atoms with E-state index in [0.717, 1.165) is 57.4 Å². The van der Waals surface area contributed by atoms with Gasteiger partial charge in [0.1, 0.15) is 11.6 Å². The number of halogens is 3. The molecule has 9 heteroatoms. The van der Waals surface area contributed by atoms with Crippen molar-refractivity contribution in [2.75, 3.05) is 11.9 Å². The molecular weight excluding hydrogens is 416 g/mol. The monoisotopic (exact) mass is 443 g/mol. The fourth-order valence-corrected chi connectivity index (χ4v) is 4.07. The summed E-state index contributed by atoms with van der Waals surface area (Å²) in [6.07, 6.45) is 5.80. The van der Waals surface area contributed by atoms with Gasteiger partial charge in [-0.2, -0.15) is 0 Å².